The lowest BCUT2D eigenvalue weighted by Gasteiger charge is -2.38. The molecule has 1 heterocycles. The first-order valence-corrected chi connectivity index (χ1v) is 10.9. The number of ether oxygens (including phenoxy) is 1. The van der Waals surface area contributed by atoms with Crippen LogP contribution in [0.1, 0.15) is 20.8 Å². The number of urea groups is 2. The molecular formula is C22H24Cl2N4O5. The maximum absolute atomic E-state index is 13.4. The van der Waals surface area contributed by atoms with Gasteiger partial charge in [0, 0.05) is 21.4 Å². The van der Waals surface area contributed by atoms with Gasteiger partial charge in [0.1, 0.15) is 6.54 Å². The van der Waals surface area contributed by atoms with Gasteiger partial charge < -0.3 is 15.0 Å². The van der Waals surface area contributed by atoms with Crippen LogP contribution in [0.5, 0.6) is 0 Å². The van der Waals surface area contributed by atoms with Crippen LogP contribution in [0, 0.1) is 0 Å². The summed E-state index contributed by atoms with van der Waals surface area (Å²) in [6.45, 7) is 4.75. The molecule has 2 N–H and O–H groups in total. The highest BCUT2D eigenvalue weighted by Gasteiger charge is 2.56. The third-order valence-electron chi connectivity index (χ3n) is 5.24. The van der Waals surface area contributed by atoms with Crippen LogP contribution in [-0.4, -0.2) is 58.1 Å². The van der Waals surface area contributed by atoms with Crippen LogP contribution < -0.4 is 10.2 Å². The molecule has 1 aliphatic heterocycles. The van der Waals surface area contributed by atoms with Gasteiger partial charge in [-0.05, 0) is 69.3 Å². The molecule has 0 aliphatic carbocycles. The number of carbonyl (C=O) groups excluding carboxylic acids is 3. The first-order valence-electron chi connectivity index (χ1n) is 10.1. The van der Waals surface area contributed by atoms with E-state index in [0.717, 1.165) is 0 Å². The number of halogens is 2. The van der Waals surface area contributed by atoms with Gasteiger partial charge in [0.25, 0.3) is 0 Å². The normalized spacial score (nSPS) is 17.2. The number of amides is 4. The summed E-state index contributed by atoms with van der Waals surface area (Å²) in [4.78, 5) is 41.0. The molecule has 11 heteroatoms. The zero-order chi connectivity index (χ0) is 24.3. The van der Waals surface area contributed by atoms with E-state index in [4.69, 9.17) is 27.9 Å². The molecule has 33 heavy (non-hydrogen) atoms. The van der Waals surface area contributed by atoms with E-state index in [1.54, 1.807) is 69.3 Å². The molecule has 176 valence electrons. The van der Waals surface area contributed by atoms with Gasteiger partial charge >= 0.3 is 18.0 Å². The Labute approximate surface area is 201 Å². The zero-order valence-corrected chi connectivity index (χ0v) is 19.8. The molecule has 3 rings (SSSR count). The quantitative estimate of drug-likeness (QED) is 0.340. The molecule has 0 aromatic heterocycles. The van der Waals surface area contributed by atoms with Gasteiger partial charge in [-0.3, -0.25) is 14.9 Å². The Bertz CT molecular complexity index is 1030. The number of hydroxylamine groups is 2. The lowest BCUT2D eigenvalue weighted by atomic mass is 10.00. The summed E-state index contributed by atoms with van der Waals surface area (Å²) in [5.74, 6) is -0.606. The van der Waals surface area contributed by atoms with Crippen LogP contribution in [0.4, 0.5) is 21.0 Å². The SMILES string of the molecule is CCOC(=O)CN1C(=O)N(c2ccc(Cl)cc2)[C@@H](N(O)C(=O)Nc2ccc(Cl)cc2)C1(C)C. The molecule has 2 aromatic rings. The molecule has 0 unspecified atom stereocenters. The average molecular weight is 495 g/mol. The molecule has 1 saturated heterocycles. The van der Waals surface area contributed by atoms with E-state index < -0.39 is 29.7 Å². The second kappa shape index (κ2) is 9.86. The number of hydrogen-bond donors (Lipinski definition) is 2. The van der Waals surface area contributed by atoms with Crippen LogP contribution in [0.2, 0.25) is 10.0 Å². The van der Waals surface area contributed by atoms with Gasteiger partial charge in [-0.25, -0.2) is 9.59 Å². The second-order valence-electron chi connectivity index (χ2n) is 7.83. The van der Waals surface area contributed by atoms with Crippen molar-refractivity contribution in [1.82, 2.24) is 9.96 Å². The molecule has 1 aliphatic rings. The fourth-order valence-electron chi connectivity index (χ4n) is 3.63. The maximum Gasteiger partial charge on any atom is 0.347 e. The van der Waals surface area contributed by atoms with Crippen LogP contribution in [0.25, 0.3) is 0 Å². The minimum atomic E-state index is -1.19. The van der Waals surface area contributed by atoms with Gasteiger partial charge in [-0.1, -0.05) is 23.2 Å². The standard InChI is InChI=1S/C22H24Cl2N4O5/c1-4-33-18(29)13-26-21(31)27(17-11-7-15(24)8-12-17)19(22(26,2)3)28(32)20(30)25-16-9-5-14(23)6-10-16/h5-12,19,32H,4,13H2,1-3H3,(H,25,30)/t19-/m0/s1. The van der Waals surface area contributed by atoms with E-state index >= 15 is 0 Å². The Morgan fingerprint density at radius 1 is 1.09 bits per heavy atom. The Morgan fingerprint density at radius 2 is 1.64 bits per heavy atom. The number of nitrogens with one attached hydrogen (secondary N) is 1. The topological polar surface area (TPSA) is 102 Å². The highest BCUT2D eigenvalue weighted by atomic mass is 35.5. The molecular weight excluding hydrogens is 471 g/mol. The van der Waals surface area contributed by atoms with Crippen LogP contribution >= 0.6 is 23.2 Å². The third-order valence-corrected chi connectivity index (χ3v) is 5.75. The summed E-state index contributed by atoms with van der Waals surface area (Å²) in [5.41, 5.74) is -0.408. The van der Waals surface area contributed by atoms with E-state index in [-0.39, 0.29) is 13.2 Å². The summed E-state index contributed by atoms with van der Waals surface area (Å²) in [6, 6.07) is 11.2. The smallest absolute Gasteiger partial charge is 0.347 e. The van der Waals surface area contributed by atoms with Crippen molar-refractivity contribution in [3.63, 3.8) is 0 Å². The predicted octanol–water partition coefficient (Wildman–Crippen LogP) is 4.83. The minimum absolute atomic E-state index is 0.154. The second-order valence-corrected chi connectivity index (χ2v) is 8.70. The van der Waals surface area contributed by atoms with Crippen molar-refractivity contribution in [2.45, 2.75) is 32.5 Å². The lowest BCUT2D eigenvalue weighted by molar-refractivity contribution is -0.145. The number of esters is 1. The highest BCUT2D eigenvalue weighted by Crippen LogP contribution is 2.38. The highest BCUT2D eigenvalue weighted by molar-refractivity contribution is 6.31. The molecule has 4 amide bonds. The summed E-state index contributed by atoms with van der Waals surface area (Å²) < 4.78 is 5.00. The first kappa shape index (κ1) is 24.6. The van der Waals surface area contributed by atoms with Crippen molar-refractivity contribution < 1.29 is 24.3 Å². The lowest BCUT2D eigenvalue weighted by Crippen LogP contribution is -2.58. The molecule has 0 spiro atoms. The summed E-state index contributed by atoms with van der Waals surface area (Å²) in [6.07, 6.45) is -1.19. The Hall–Kier alpha value is -3.01. The van der Waals surface area contributed by atoms with Crippen LogP contribution in [0.15, 0.2) is 48.5 Å². The monoisotopic (exact) mass is 494 g/mol. The number of hydrogen-bond acceptors (Lipinski definition) is 5. The average Bonchev–Trinajstić information content (AvgIpc) is 2.95. The van der Waals surface area contributed by atoms with Crippen molar-refractivity contribution in [1.29, 1.82) is 0 Å². The van der Waals surface area contributed by atoms with Crippen LogP contribution in [-0.2, 0) is 9.53 Å². The van der Waals surface area contributed by atoms with Gasteiger partial charge in [-0.2, -0.15) is 5.06 Å². The fraction of sp³-hybridized carbons (Fsp3) is 0.318. The van der Waals surface area contributed by atoms with Crippen LogP contribution in [0.3, 0.4) is 0 Å². The van der Waals surface area contributed by atoms with Gasteiger partial charge in [-0.15, -0.1) is 0 Å². The predicted molar refractivity (Wildman–Crippen MR) is 125 cm³/mol. The van der Waals surface area contributed by atoms with Gasteiger partial charge in [0.2, 0.25) is 0 Å². The maximum atomic E-state index is 13.4. The molecule has 9 nitrogen and oxygen atoms in total. The van der Waals surface area contributed by atoms with Crippen molar-refractivity contribution in [2.75, 3.05) is 23.4 Å². The Kier molecular flexibility index (Phi) is 7.36. The number of nitrogens with zero attached hydrogens (tertiary/aromatic N) is 3. The molecule has 1 fully saturated rings. The largest absolute Gasteiger partial charge is 0.465 e. The number of carbonyl (C=O) groups is 3. The van der Waals surface area contributed by atoms with E-state index in [1.807, 2.05) is 0 Å². The minimum Gasteiger partial charge on any atom is -0.465 e. The summed E-state index contributed by atoms with van der Waals surface area (Å²) in [5, 5.41) is 14.9. The van der Waals surface area contributed by atoms with E-state index in [0.29, 0.717) is 26.5 Å². The number of benzene rings is 2. The summed E-state index contributed by atoms with van der Waals surface area (Å²) in [7, 11) is 0. The van der Waals surface area contributed by atoms with Gasteiger partial charge in [0.05, 0.1) is 12.1 Å². The van der Waals surface area contributed by atoms with E-state index in [2.05, 4.69) is 5.32 Å². The Balaban J connectivity index is 1.96. The molecule has 0 saturated carbocycles. The number of anilines is 2. The fourth-order valence-corrected chi connectivity index (χ4v) is 3.88. The molecule has 0 bridgehead atoms. The molecule has 2 aromatic carbocycles. The summed E-state index contributed by atoms with van der Waals surface area (Å²) >= 11 is 11.9. The first-order chi connectivity index (χ1) is 15.6. The van der Waals surface area contributed by atoms with Crippen molar-refractivity contribution in [2.24, 2.45) is 0 Å². The van der Waals surface area contributed by atoms with Crippen molar-refractivity contribution in [3.8, 4) is 0 Å². The number of rotatable bonds is 6. The molecule has 1 atom stereocenters. The zero-order valence-electron chi connectivity index (χ0n) is 18.3. The van der Waals surface area contributed by atoms with Crippen molar-refractivity contribution in [3.05, 3.63) is 58.6 Å². The Morgan fingerprint density at radius 3 is 2.18 bits per heavy atom. The third kappa shape index (κ3) is 5.16. The van der Waals surface area contributed by atoms with E-state index in [9.17, 15) is 19.6 Å². The van der Waals surface area contributed by atoms with E-state index in [1.165, 1.54) is 9.80 Å². The van der Waals surface area contributed by atoms with Gasteiger partial charge in [0.15, 0.2) is 6.17 Å². The molecule has 0 radical (unpaired) electrons. The van der Waals surface area contributed by atoms with Crippen molar-refractivity contribution >= 4 is 52.6 Å².